The van der Waals surface area contributed by atoms with Gasteiger partial charge in [0.15, 0.2) is 0 Å². The highest BCUT2D eigenvalue weighted by Crippen LogP contribution is 2.16. The largest absolute Gasteiger partial charge is 0.287 e. The van der Waals surface area contributed by atoms with Crippen LogP contribution in [0.3, 0.4) is 0 Å². The minimum absolute atomic E-state index is 0.0300. The van der Waals surface area contributed by atoms with Gasteiger partial charge in [-0.15, -0.1) is 0 Å². The van der Waals surface area contributed by atoms with Crippen molar-refractivity contribution in [3.8, 4) is 0 Å². The Morgan fingerprint density at radius 1 is 0.867 bits per heavy atom. The van der Waals surface area contributed by atoms with Crippen LogP contribution in [-0.4, -0.2) is 34.6 Å². The van der Waals surface area contributed by atoms with Crippen LogP contribution in [0.1, 0.15) is 26.2 Å². The van der Waals surface area contributed by atoms with Gasteiger partial charge in [-0.25, -0.2) is 0 Å². The van der Waals surface area contributed by atoms with Gasteiger partial charge in [0.1, 0.15) is 0 Å². The monoisotopic (exact) mass is 258 g/mol. The normalized spacial score (nSPS) is 28.3. The Bertz CT molecular complexity index is 357. The second-order valence-corrected chi connectivity index (χ2v) is 7.41. The second-order valence-electron chi connectivity index (χ2n) is 3.26. The fraction of sp³-hybridized carbons (Fsp3) is 1.00. The lowest BCUT2D eigenvalue weighted by Crippen LogP contribution is -2.31. The van der Waals surface area contributed by atoms with Gasteiger partial charge in [-0.1, -0.05) is 0 Å². The zero-order chi connectivity index (χ0) is 11.5. The summed E-state index contributed by atoms with van der Waals surface area (Å²) in [7, 11) is -8.16. The average molecular weight is 258 g/mol. The van der Waals surface area contributed by atoms with Gasteiger partial charge in [0.2, 0.25) is 4.58 Å². The summed E-state index contributed by atoms with van der Waals surface area (Å²) < 4.78 is 52.9. The summed E-state index contributed by atoms with van der Waals surface area (Å²) in [5.74, 6) is 0. The summed E-state index contributed by atoms with van der Waals surface area (Å²) in [6, 6.07) is 0. The summed E-state index contributed by atoms with van der Waals surface area (Å²) in [6.07, 6.45) is 1.84. The van der Waals surface area contributed by atoms with Crippen molar-refractivity contribution in [2.75, 3.05) is 13.2 Å². The summed E-state index contributed by atoms with van der Waals surface area (Å²) >= 11 is 0. The van der Waals surface area contributed by atoms with Crippen molar-refractivity contribution in [1.82, 2.24) is 0 Å². The van der Waals surface area contributed by atoms with Crippen molar-refractivity contribution in [1.29, 1.82) is 0 Å². The minimum atomic E-state index is -4.08. The molecule has 1 saturated heterocycles. The Morgan fingerprint density at radius 2 is 1.27 bits per heavy atom. The van der Waals surface area contributed by atoms with Crippen molar-refractivity contribution in [2.45, 2.75) is 30.8 Å². The maximum absolute atomic E-state index is 11.4. The third-order valence-electron chi connectivity index (χ3n) is 2.10. The average Bonchev–Trinajstić information content (AvgIpc) is 2.14. The summed E-state index contributed by atoms with van der Waals surface area (Å²) in [4.78, 5) is 0. The number of rotatable bonds is 0. The highest BCUT2D eigenvalue weighted by molar-refractivity contribution is 8.04. The Labute approximate surface area is 89.8 Å². The summed E-state index contributed by atoms with van der Waals surface area (Å²) in [5, 5.41) is 0. The van der Waals surface area contributed by atoms with Crippen LogP contribution in [-0.2, 0) is 28.6 Å². The molecule has 0 aromatic carbocycles. The molecule has 1 aliphatic rings. The van der Waals surface area contributed by atoms with E-state index in [-0.39, 0.29) is 13.2 Å². The predicted octanol–water partition coefficient (Wildman–Crippen LogP) is 0.209. The molecule has 0 bridgehead atoms. The van der Waals surface area contributed by atoms with E-state index < -0.39 is 24.8 Å². The molecule has 0 atom stereocenters. The fourth-order valence-corrected chi connectivity index (χ4v) is 3.64. The molecule has 6 nitrogen and oxygen atoms in total. The first-order chi connectivity index (χ1) is 6.86. The highest BCUT2D eigenvalue weighted by atomic mass is 32.3. The molecule has 1 rings (SSSR count). The third kappa shape index (κ3) is 3.40. The van der Waals surface area contributed by atoms with E-state index in [0.717, 1.165) is 6.92 Å². The molecular weight excluding hydrogens is 244 g/mol. The maximum atomic E-state index is 11.4. The second kappa shape index (κ2) is 4.77. The van der Waals surface area contributed by atoms with Crippen LogP contribution in [0.5, 0.6) is 0 Å². The van der Waals surface area contributed by atoms with E-state index >= 15 is 0 Å². The van der Waals surface area contributed by atoms with Crippen LogP contribution < -0.4 is 0 Å². The van der Waals surface area contributed by atoms with Gasteiger partial charge >= 0.3 is 0 Å². The molecule has 0 aliphatic carbocycles. The van der Waals surface area contributed by atoms with E-state index in [4.69, 9.17) is 0 Å². The first-order valence-electron chi connectivity index (χ1n) is 4.63. The van der Waals surface area contributed by atoms with Gasteiger partial charge < -0.3 is 0 Å². The summed E-state index contributed by atoms with van der Waals surface area (Å²) in [6.45, 7) is 1.11. The lowest BCUT2D eigenvalue weighted by molar-refractivity contribution is 0.270. The molecule has 0 unspecified atom stereocenters. The van der Waals surface area contributed by atoms with Gasteiger partial charge in [0, 0.05) is 0 Å². The Balaban J connectivity index is 2.92. The molecule has 0 aromatic rings. The van der Waals surface area contributed by atoms with Gasteiger partial charge in [0.05, 0.1) is 13.2 Å². The molecule has 15 heavy (non-hydrogen) atoms. The first kappa shape index (κ1) is 12.9. The standard InChI is InChI=1S/C7H14O6S2/c1-7-14(8,9)12-5-3-2-4-6-13-15(7,10)11/h7H,2-6H2,1H3. The van der Waals surface area contributed by atoms with E-state index in [9.17, 15) is 16.8 Å². The SMILES string of the molecule is CC1S(=O)(=O)OCCCCCOS1(=O)=O. The molecule has 1 heterocycles. The molecule has 8 heteroatoms. The van der Waals surface area contributed by atoms with Crippen LogP contribution in [0, 0.1) is 0 Å². The zero-order valence-electron chi connectivity index (χ0n) is 8.38. The lowest BCUT2D eigenvalue weighted by atomic mass is 10.2. The van der Waals surface area contributed by atoms with Crippen molar-refractivity contribution < 1.29 is 25.2 Å². The van der Waals surface area contributed by atoms with Crippen LogP contribution in [0.15, 0.2) is 0 Å². The zero-order valence-corrected chi connectivity index (χ0v) is 10.0. The lowest BCUT2D eigenvalue weighted by Gasteiger charge is -2.15. The Morgan fingerprint density at radius 3 is 1.67 bits per heavy atom. The Hall–Kier alpha value is -0.180. The smallest absolute Gasteiger partial charge is 0.269 e. The van der Waals surface area contributed by atoms with Crippen molar-refractivity contribution >= 4 is 20.2 Å². The van der Waals surface area contributed by atoms with Crippen molar-refractivity contribution in [2.24, 2.45) is 0 Å². The molecule has 0 saturated carbocycles. The first-order valence-corrected chi connectivity index (χ1v) is 7.57. The van der Waals surface area contributed by atoms with Crippen LogP contribution >= 0.6 is 0 Å². The van der Waals surface area contributed by atoms with E-state index in [2.05, 4.69) is 8.37 Å². The molecule has 0 amide bonds. The topological polar surface area (TPSA) is 86.7 Å². The fourth-order valence-electron chi connectivity index (χ4n) is 1.07. The minimum Gasteiger partial charge on any atom is -0.269 e. The number of hydrogen-bond acceptors (Lipinski definition) is 6. The molecule has 1 fully saturated rings. The molecule has 0 N–H and O–H groups in total. The van der Waals surface area contributed by atoms with Crippen LogP contribution in [0.4, 0.5) is 0 Å². The van der Waals surface area contributed by atoms with Gasteiger partial charge in [-0.05, 0) is 26.2 Å². The Kier molecular flexibility index (Phi) is 4.10. The molecule has 0 spiro atoms. The van der Waals surface area contributed by atoms with Crippen molar-refractivity contribution in [3.63, 3.8) is 0 Å². The summed E-state index contributed by atoms with van der Waals surface area (Å²) in [5.41, 5.74) is 0. The third-order valence-corrected chi connectivity index (χ3v) is 6.13. The van der Waals surface area contributed by atoms with E-state index in [1.54, 1.807) is 0 Å². The van der Waals surface area contributed by atoms with E-state index in [1.807, 2.05) is 0 Å². The van der Waals surface area contributed by atoms with Gasteiger partial charge in [-0.2, -0.15) is 16.8 Å². The maximum Gasteiger partial charge on any atom is 0.287 e. The van der Waals surface area contributed by atoms with E-state index in [0.29, 0.717) is 19.3 Å². The quantitative estimate of drug-likeness (QED) is 0.577. The molecular formula is C7H14O6S2. The van der Waals surface area contributed by atoms with Gasteiger partial charge in [-0.3, -0.25) is 8.37 Å². The highest BCUT2D eigenvalue weighted by Gasteiger charge is 2.35. The van der Waals surface area contributed by atoms with Crippen LogP contribution in [0.25, 0.3) is 0 Å². The van der Waals surface area contributed by atoms with Crippen LogP contribution in [0.2, 0.25) is 0 Å². The predicted molar refractivity (Wildman–Crippen MR) is 53.1 cm³/mol. The van der Waals surface area contributed by atoms with E-state index in [1.165, 1.54) is 0 Å². The number of hydrogen-bond donors (Lipinski definition) is 0. The molecule has 90 valence electrons. The van der Waals surface area contributed by atoms with Crippen molar-refractivity contribution in [3.05, 3.63) is 0 Å². The molecule has 0 aromatic heterocycles. The molecule has 0 radical (unpaired) electrons. The molecule has 1 aliphatic heterocycles. The van der Waals surface area contributed by atoms with Gasteiger partial charge in [0.25, 0.3) is 20.2 Å².